The fourth-order valence-electron chi connectivity index (χ4n) is 3.76. The summed E-state index contributed by atoms with van der Waals surface area (Å²) in [5, 5.41) is 4.61. The third-order valence-corrected chi connectivity index (χ3v) is 6.03. The van der Waals surface area contributed by atoms with Gasteiger partial charge in [0.15, 0.2) is 11.6 Å². The van der Waals surface area contributed by atoms with Crippen LogP contribution in [-0.2, 0) is 6.42 Å². The largest absolute Gasteiger partial charge is 0.482 e. The van der Waals surface area contributed by atoms with Crippen molar-refractivity contribution in [2.75, 3.05) is 12.3 Å². The first-order chi connectivity index (χ1) is 14.5. The first kappa shape index (κ1) is 20.9. The number of nitrogens with two attached hydrogens (primary N) is 1. The lowest BCUT2D eigenvalue weighted by Crippen LogP contribution is -2.23. The normalized spacial score (nSPS) is 17.1. The maximum Gasteiger partial charge on any atom is 0.166 e. The highest BCUT2D eigenvalue weighted by molar-refractivity contribution is 6.36. The van der Waals surface area contributed by atoms with E-state index in [1.54, 1.807) is 24.4 Å². The summed E-state index contributed by atoms with van der Waals surface area (Å²) in [5.41, 5.74) is 9.71. The molecule has 0 spiro atoms. The molecule has 7 heteroatoms. The van der Waals surface area contributed by atoms with Crippen molar-refractivity contribution in [3.05, 3.63) is 70.1 Å². The number of anilines is 1. The van der Waals surface area contributed by atoms with Gasteiger partial charge in [-0.05, 0) is 50.6 Å². The first-order valence-electron chi connectivity index (χ1n) is 10.1. The second kappa shape index (κ2) is 9.21. The Labute approximate surface area is 186 Å². The van der Waals surface area contributed by atoms with Crippen molar-refractivity contribution in [1.82, 2.24) is 15.3 Å². The Balaban J connectivity index is 1.53. The van der Waals surface area contributed by atoms with Crippen LogP contribution in [0, 0.1) is 0 Å². The van der Waals surface area contributed by atoms with Gasteiger partial charge in [-0.3, -0.25) is 4.98 Å². The molecule has 30 heavy (non-hydrogen) atoms. The summed E-state index contributed by atoms with van der Waals surface area (Å²) in [4.78, 5) is 8.93. The van der Waals surface area contributed by atoms with Crippen LogP contribution in [-0.4, -0.2) is 22.6 Å². The van der Waals surface area contributed by atoms with Crippen LogP contribution in [0.5, 0.6) is 5.75 Å². The average Bonchev–Trinajstić information content (AvgIpc) is 3.23. The van der Waals surface area contributed by atoms with E-state index in [1.807, 2.05) is 19.2 Å². The SMILES string of the molecule is CC(Oc1cc(-c2ccc(C[C@@H]3CCCN3)nc2)cnc1N)c1c(Cl)cccc1Cl. The molecule has 1 aromatic carbocycles. The number of nitrogens with zero attached hydrogens (tertiary/aromatic N) is 2. The Morgan fingerprint density at radius 3 is 2.57 bits per heavy atom. The lowest BCUT2D eigenvalue weighted by Gasteiger charge is -2.19. The number of pyridine rings is 2. The third-order valence-electron chi connectivity index (χ3n) is 5.37. The topological polar surface area (TPSA) is 73.1 Å². The number of ether oxygens (including phenoxy) is 1. The van der Waals surface area contributed by atoms with Gasteiger partial charge >= 0.3 is 0 Å². The maximum absolute atomic E-state index is 6.31. The van der Waals surface area contributed by atoms with Gasteiger partial charge in [0, 0.05) is 57.3 Å². The van der Waals surface area contributed by atoms with E-state index < -0.39 is 0 Å². The zero-order chi connectivity index (χ0) is 21.1. The lowest BCUT2D eigenvalue weighted by atomic mass is 10.1. The lowest BCUT2D eigenvalue weighted by molar-refractivity contribution is 0.228. The highest BCUT2D eigenvalue weighted by Gasteiger charge is 2.18. The molecule has 0 amide bonds. The highest BCUT2D eigenvalue weighted by Crippen LogP contribution is 2.35. The molecule has 0 saturated carbocycles. The van der Waals surface area contributed by atoms with Gasteiger partial charge in [-0.1, -0.05) is 35.3 Å². The molecule has 2 atom stereocenters. The van der Waals surface area contributed by atoms with E-state index >= 15 is 0 Å². The van der Waals surface area contributed by atoms with Crippen molar-refractivity contribution >= 4 is 29.0 Å². The summed E-state index contributed by atoms with van der Waals surface area (Å²) >= 11 is 12.6. The Bertz CT molecular complexity index is 1000. The second-order valence-electron chi connectivity index (χ2n) is 7.54. The monoisotopic (exact) mass is 442 g/mol. The Morgan fingerprint density at radius 2 is 1.90 bits per heavy atom. The Morgan fingerprint density at radius 1 is 1.13 bits per heavy atom. The van der Waals surface area contributed by atoms with Crippen LogP contribution in [0.25, 0.3) is 11.1 Å². The predicted octanol–water partition coefficient (Wildman–Crippen LogP) is 5.47. The van der Waals surface area contributed by atoms with Gasteiger partial charge < -0.3 is 15.8 Å². The van der Waals surface area contributed by atoms with Crippen molar-refractivity contribution in [2.45, 2.75) is 38.3 Å². The molecule has 4 rings (SSSR count). The number of benzene rings is 1. The third kappa shape index (κ3) is 4.69. The van der Waals surface area contributed by atoms with Crippen molar-refractivity contribution in [1.29, 1.82) is 0 Å². The number of nitrogens with one attached hydrogen (secondary N) is 1. The number of nitrogen functional groups attached to an aromatic ring is 1. The fraction of sp³-hybridized carbons (Fsp3) is 0.304. The van der Waals surface area contributed by atoms with Gasteiger partial charge in [0.05, 0.1) is 0 Å². The zero-order valence-electron chi connectivity index (χ0n) is 16.7. The molecule has 0 radical (unpaired) electrons. The van der Waals surface area contributed by atoms with Crippen LogP contribution < -0.4 is 15.8 Å². The summed E-state index contributed by atoms with van der Waals surface area (Å²) in [6, 6.07) is 11.9. The molecular weight excluding hydrogens is 419 g/mol. The molecule has 1 aliphatic rings. The molecule has 2 aromatic heterocycles. The quantitative estimate of drug-likeness (QED) is 0.529. The molecule has 1 fully saturated rings. The molecule has 1 aliphatic heterocycles. The molecule has 0 aliphatic carbocycles. The van der Waals surface area contributed by atoms with Gasteiger partial charge in [0.2, 0.25) is 0 Å². The number of halogens is 2. The van der Waals surface area contributed by atoms with Gasteiger partial charge in [-0.2, -0.15) is 0 Å². The summed E-state index contributed by atoms with van der Waals surface area (Å²) in [5.74, 6) is 0.792. The maximum atomic E-state index is 6.31. The molecule has 156 valence electrons. The van der Waals surface area contributed by atoms with E-state index in [0.717, 1.165) is 35.3 Å². The van der Waals surface area contributed by atoms with Crippen LogP contribution in [0.4, 0.5) is 5.82 Å². The van der Waals surface area contributed by atoms with Gasteiger partial charge in [0.25, 0.3) is 0 Å². The van der Waals surface area contributed by atoms with Crippen molar-refractivity contribution in [3.8, 4) is 16.9 Å². The van der Waals surface area contributed by atoms with Crippen molar-refractivity contribution in [2.24, 2.45) is 0 Å². The Kier molecular flexibility index (Phi) is 6.42. The fourth-order valence-corrected chi connectivity index (χ4v) is 4.46. The van der Waals surface area contributed by atoms with Crippen molar-refractivity contribution < 1.29 is 4.74 Å². The first-order valence-corrected chi connectivity index (χ1v) is 10.8. The van der Waals surface area contributed by atoms with E-state index in [0.29, 0.717) is 27.7 Å². The summed E-state index contributed by atoms with van der Waals surface area (Å²) in [6.45, 7) is 2.98. The standard InChI is InChI=1S/C23H24Cl2N4O/c1-14(22-19(24)5-2-6-20(22)25)30-21-10-16(13-29-23(21)26)15-7-8-18(28-12-15)11-17-4-3-9-27-17/h2,5-8,10,12-14,17,27H,3-4,9,11H2,1H3,(H2,26,29)/t14?,17-/m0/s1. The minimum atomic E-state index is -0.384. The summed E-state index contributed by atoms with van der Waals surface area (Å²) in [7, 11) is 0. The minimum Gasteiger partial charge on any atom is -0.482 e. The Hall–Kier alpha value is -2.34. The van der Waals surface area contributed by atoms with E-state index in [-0.39, 0.29) is 6.10 Å². The van der Waals surface area contributed by atoms with Gasteiger partial charge in [-0.25, -0.2) is 4.98 Å². The summed E-state index contributed by atoms with van der Waals surface area (Å²) < 4.78 is 6.08. The minimum absolute atomic E-state index is 0.311. The number of hydrogen-bond donors (Lipinski definition) is 2. The van der Waals surface area contributed by atoms with Crippen LogP contribution in [0.2, 0.25) is 10.0 Å². The molecule has 3 heterocycles. The smallest absolute Gasteiger partial charge is 0.166 e. The van der Waals surface area contributed by atoms with E-state index in [4.69, 9.17) is 33.7 Å². The van der Waals surface area contributed by atoms with E-state index in [1.165, 1.54) is 12.8 Å². The van der Waals surface area contributed by atoms with Gasteiger partial charge in [0.1, 0.15) is 6.10 Å². The zero-order valence-corrected chi connectivity index (χ0v) is 18.2. The van der Waals surface area contributed by atoms with Crippen LogP contribution in [0.1, 0.15) is 37.1 Å². The predicted molar refractivity (Wildman–Crippen MR) is 122 cm³/mol. The number of hydrogen-bond acceptors (Lipinski definition) is 5. The van der Waals surface area contributed by atoms with Crippen molar-refractivity contribution in [3.63, 3.8) is 0 Å². The molecule has 0 bridgehead atoms. The summed E-state index contributed by atoms with van der Waals surface area (Å²) in [6.07, 6.45) is 6.61. The van der Waals surface area contributed by atoms with Crippen LogP contribution >= 0.6 is 23.2 Å². The number of aromatic nitrogens is 2. The molecule has 3 N–H and O–H groups in total. The second-order valence-corrected chi connectivity index (χ2v) is 8.35. The van der Waals surface area contributed by atoms with Crippen LogP contribution in [0.3, 0.4) is 0 Å². The average molecular weight is 443 g/mol. The molecule has 5 nitrogen and oxygen atoms in total. The van der Waals surface area contributed by atoms with Gasteiger partial charge in [-0.15, -0.1) is 0 Å². The molecular formula is C23H24Cl2N4O. The molecule has 1 saturated heterocycles. The molecule has 3 aromatic rings. The van der Waals surface area contributed by atoms with E-state index in [2.05, 4.69) is 27.4 Å². The number of rotatable bonds is 6. The van der Waals surface area contributed by atoms with E-state index in [9.17, 15) is 0 Å². The highest BCUT2D eigenvalue weighted by atomic mass is 35.5. The molecule has 1 unspecified atom stereocenters. The van der Waals surface area contributed by atoms with Crippen LogP contribution in [0.15, 0.2) is 48.8 Å².